The maximum atomic E-state index is 12.6. The van der Waals surface area contributed by atoms with Crippen LogP contribution in [-0.2, 0) is 6.54 Å². The third-order valence-electron chi connectivity index (χ3n) is 4.68. The summed E-state index contributed by atoms with van der Waals surface area (Å²) in [6.07, 6.45) is 3.83. The molecular formula is C19H20N4OS. The third-order valence-corrected chi connectivity index (χ3v) is 5.37. The van der Waals surface area contributed by atoms with Crippen LogP contribution in [0.15, 0.2) is 53.5 Å². The fourth-order valence-corrected chi connectivity index (χ4v) is 4.05. The zero-order valence-corrected chi connectivity index (χ0v) is 14.7. The number of hydrogen-bond donors (Lipinski definition) is 0. The summed E-state index contributed by atoms with van der Waals surface area (Å²) in [5.74, 6) is 1.34. The Morgan fingerprint density at radius 2 is 2.12 bits per heavy atom. The van der Waals surface area contributed by atoms with Crippen LogP contribution in [0.1, 0.15) is 40.5 Å². The standard InChI is InChI=1S/C19H20N4OS/c24-19(17-8-10-25-13-17)22-9-4-7-16(12-22)18-21-20-14-23(18)11-15-5-2-1-3-6-15/h1-3,5-6,8,10,13-14,16H,4,7,9,11-12H2/t16-/m1/s1. The van der Waals surface area contributed by atoms with E-state index in [1.165, 1.54) is 5.56 Å². The highest BCUT2D eigenvalue weighted by molar-refractivity contribution is 7.08. The smallest absolute Gasteiger partial charge is 0.254 e. The summed E-state index contributed by atoms with van der Waals surface area (Å²) in [5.41, 5.74) is 2.02. The van der Waals surface area contributed by atoms with Crippen molar-refractivity contribution in [3.05, 3.63) is 70.4 Å². The fraction of sp³-hybridized carbons (Fsp3) is 0.316. The molecule has 1 aromatic carbocycles. The quantitative estimate of drug-likeness (QED) is 0.723. The molecule has 0 N–H and O–H groups in total. The molecule has 0 aliphatic carbocycles. The number of carbonyl (C=O) groups excluding carboxylic acids is 1. The van der Waals surface area contributed by atoms with Crippen LogP contribution in [0, 0.1) is 0 Å². The second kappa shape index (κ2) is 7.19. The Morgan fingerprint density at radius 3 is 2.92 bits per heavy atom. The minimum Gasteiger partial charge on any atom is -0.338 e. The maximum Gasteiger partial charge on any atom is 0.254 e. The zero-order chi connectivity index (χ0) is 17.1. The lowest BCUT2D eigenvalue weighted by Gasteiger charge is -2.32. The van der Waals surface area contributed by atoms with Gasteiger partial charge in [-0.25, -0.2) is 0 Å². The predicted molar refractivity (Wildman–Crippen MR) is 97.8 cm³/mol. The monoisotopic (exact) mass is 352 g/mol. The molecule has 1 atom stereocenters. The molecule has 3 aromatic rings. The lowest BCUT2D eigenvalue weighted by atomic mass is 9.96. The average molecular weight is 352 g/mol. The fourth-order valence-electron chi connectivity index (χ4n) is 3.42. The minimum atomic E-state index is 0.125. The lowest BCUT2D eigenvalue weighted by Crippen LogP contribution is -2.39. The van der Waals surface area contributed by atoms with Crippen molar-refractivity contribution < 1.29 is 4.79 Å². The number of nitrogens with zero attached hydrogens (tertiary/aromatic N) is 4. The van der Waals surface area contributed by atoms with Gasteiger partial charge in [0.2, 0.25) is 0 Å². The van der Waals surface area contributed by atoms with Crippen LogP contribution < -0.4 is 0 Å². The van der Waals surface area contributed by atoms with Gasteiger partial charge in [0.1, 0.15) is 12.2 Å². The van der Waals surface area contributed by atoms with Gasteiger partial charge in [-0.3, -0.25) is 4.79 Å². The number of benzene rings is 1. The summed E-state index contributed by atoms with van der Waals surface area (Å²) in [6, 6.07) is 12.2. The zero-order valence-electron chi connectivity index (χ0n) is 13.9. The summed E-state index contributed by atoms with van der Waals surface area (Å²) >= 11 is 1.56. The van der Waals surface area contributed by atoms with E-state index in [0.717, 1.165) is 37.3 Å². The Morgan fingerprint density at radius 1 is 1.24 bits per heavy atom. The Balaban J connectivity index is 1.50. The Kier molecular flexibility index (Phi) is 4.61. The van der Waals surface area contributed by atoms with Crippen molar-refractivity contribution in [2.75, 3.05) is 13.1 Å². The number of amides is 1. The van der Waals surface area contributed by atoms with Crippen LogP contribution >= 0.6 is 11.3 Å². The molecule has 0 bridgehead atoms. The molecule has 6 heteroatoms. The normalized spacial score (nSPS) is 17.6. The van der Waals surface area contributed by atoms with E-state index in [2.05, 4.69) is 26.9 Å². The number of rotatable bonds is 4. The van der Waals surface area contributed by atoms with Crippen molar-refractivity contribution in [3.63, 3.8) is 0 Å². The van der Waals surface area contributed by atoms with Gasteiger partial charge in [-0.2, -0.15) is 11.3 Å². The summed E-state index contributed by atoms with van der Waals surface area (Å²) in [5, 5.41) is 12.4. The van der Waals surface area contributed by atoms with Crippen molar-refractivity contribution in [1.29, 1.82) is 0 Å². The molecule has 2 aromatic heterocycles. The van der Waals surface area contributed by atoms with Gasteiger partial charge in [0, 0.05) is 24.4 Å². The molecule has 0 unspecified atom stereocenters. The van der Waals surface area contributed by atoms with Gasteiger partial charge in [0.25, 0.3) is 5.91 Å². The first-order valence-corrected chi connectivity index (χ1v) is 9.48. The van der Waals surface area contributed by atoms with Crippen LogP contribution in [0.4, 0.5) is 0 Å². The molecule has 3 heterocycles. The van der Waals surface area contributed by atoms with Gasteiger partial charge < -0.3 is 9.47 Å². The van der Waals surface area contributed by atoms with Crippen molar-refractivity contribution >= 4 is 17.2 Å². The van der Waals surface area contributed by atoms with Gasteiger partial charge in [0.15, 0.2) is 0 Å². The Hall–Kier alpha value is -2.47. The topological polar surface area (TPSA) is 51.0 Å². The second-order valence-corrected chi connectivity index (χ2v) is 7.19. The highest BCUT2D eigenvalue weighted by Crippen LogP contribution is 2.27. The number of piperidine rings is 1. The molecule has 128 valence electrons. The van der Waals surface area contributed by atoms with E-state index in [-0.39, 0.29) is 11.8 Å². The number of hydrogen-bond acceptors (Lipinski definition) is 4. The van der Waals surface area contributed by atoms with Crippen LogP contribution in [-0.4, -0.2) is 38.7 Å². The molecule has 1 saturated heterocycles. The number of likely N-dealkylation sites (tertiary alicyclic amines) is 1. The molecular weight excluding hydrogens is 332 g/mol. The van der Waals surface area contributed by atoms with E-state index in [0.29, 0.717) is 6.54 Å². The Labute approximate surface area is 150 Å². The maximum absolute atomic E-state index is 12.6. The minimum absolute atomic E-state index is 0.125. The summed E-state index contributed by atoms with van der Waals surface area (Å²) in [6.45, 7) is 2.29. The third kappa shape index (κ3) is 3.49. The van der Waals surface area contributed by atoms with E-state index in [4.69, 9.17) is 0 Å². The first-order chi connectivity index (χ1) is 12.3. The van der Waals surface area contributed by atoms with Gasteiger partial charge in [-0.1, -0.05) is 30.3 Å². The lowest BCUT2D eigenvalue weighted by molar-refractivity contribution is 0.0704. The Bertz CT molecular complexity index is 828. The molecule has 1 aliphatic rings. The first kappa shape index (κ1) is 16.0. The molecule has 0 radical (unpaired) electrons. The molecule has 5 nitrogen and oxygen atoms in total. The van der Waals surface area contributed by atoms with Crippen molar-refractivity contribution in [2.45, 2.75) is 25.3 Å². The number of carbonyl (C=O) groups is 1. The summed E-state index contributed by atoms with van der Waals surface area (Å²) in [7, 11) is 0. The second-order valence-electron chi connectivity index (χ2n) is 6.40. The number of thiophene rings is 1. The molecule has 4 rings (SSSR count). The predicted octanol–water partition coefficient (Wildman–Crippen LogP) is 3.41. The van der Waals surface area contributed by atoms with E-state index in [1.807, 2.05) is 39.9 Å². The van der Waals surface area contributed by atoms with Gasteiger partial charge in [-0.15, -0.1) is 10.2 Å². The van der Waals surface area contributed by atoms with Crippen LogP contribution in [0.5, 0.6) is 0 Å². The molecule has 25 heavy (non-hydrogen) atoms. The van der Waals surface area contributed by atoms with Crippen molar-refractivity contribution in [2.24, 2.45) is 0 Å². The van der Waals surface area contributed by atoms with Crippen LogP contribution in [0.25, 0.3) is 0 Å². The van der Waals surface area contributed by atoms with Gasteiger partial charge >= 0.3 is 0 Å². The number of aromatic nitrogens is 3. The van der Waals surface area contributed by atoms with E-state index in [1.54, 1.807) is 17.7 Å². The van der Waals surface area contributed by atoms with Crippen molar-refractivity contribution in [3.8, 4) is 0 Å². The van der Waals surface area contributed by atoms with Gasteiger partial charge in [-0.05, 0) is 29.9 Å². The van der Waals surface area contributed by atoms with Crippen LogP contribution in [0.3, 0.4) is 0 Å². The van der Waals surface area contributed by atoms with E-state index >= 15 is 0 Å². The molecule has 0 saturated carbocycles. The van der Waals surface area contributed by atoms with E-state index < -0.39 is 0 Å². The highest BCUT2D eigenvalue weighted by atomic mass is 32.1. The molecule has 1 amide bonds. The summed E-state index contributed by atoms with van der Waals surface area (Å²) < 4.78 is 2.11. The molecule has 1 aliphatic heterocycles. The molecule has 0 spiro atoms. The van der Waals surface area contributed by atoms with Gasteiger partial charge in [0.05, 0.1) is 12.1 Å². The molecule has 1 fully saturated rings. The summed E-state index contributed by atoms with van der Waals surface area (Å²) in [4.78, 5) is 14.6. The van der Waals surface area contributed by atoms with Crippen molar-refractivity contribution in [1.82, 2.24) is 19.7 Å². The van der Waals surface area contributed by atoms with E-state index in [9.17, 15) is 4.79 Å². The van der Waals surface area contributed by atoms with Crippen LogP contribution in [0.2, 0.25) is 0 Å². The SMILES string of the molecule is O=C(c1ccsc1)N1CCC[C@@H](c2nncn2Cc2ccccc2)C1. The highest BCUT2D eigenvalue weighted by Gasteiger charge is 2.28. The largest absolute Gasteiger partial charge is 0.338 e. The first-order valence-electron chi connectivity index (χ1n) is 8.54. The average Bonchev–Trinajstić information content (AvgIpc) is 3.34.